The number of hydrogen-bond donors (Lipinski definition) is 0. The van der Waals surface area contributed by atoms with Gasteiger partial charge in [-0.05, 0) is 30.5 Å². The number of rotatable bonds is 5. The van der Waals surface area contributed by atoms with Crippen LogP contribution < -0.4 is 4.90 Å². The molecule has 1 saturated heterocycles. The number of ether oxygens (including phenoxy) is 1. The predicted octanol–water partition coefficient (Wildman–Crippen LogP) is 3.83. The molecule has 0 N–H and O–H groups in total. The maximum absolute atomic E-state index is 5.09. The summed E-state index contributed by atoms with van der Waals surface area (Å²) in [5.41, 5.74) is 1.34. The van der Waals surface area contributed by atoms with Crippen molar-refractivity contribution in [2.24, 2.45) is 0 Å². The second-order valence-corrected chi connectivity index (χ2v) is 6.79. The van der Waals surface area contributed by atoms with Crippen LogP contribution in [0.3, 0.4) is 0 Å². The zero-order chi connectivity index (χ0) is 14.7. The molecule has 4 nitrogen and oxygen atoms in total. The van der Waals surface area contributed by atoms with E-state index >= 15 is 0 Å². The molecule has 2 heterocycles. The summed E-state index contributed by atoms with van der Waals surface area (Å²) in [4.78, 5) is 7.05. The Bertz CT molecular complexity index is 604. The van der Waals surface area contributed by atoms with Crippen LogP contribution in [0.1, 0.15) is 30.3 Å². The van der Waals surface area contributed by atoms with Crippen LogP contribution in [-0.4, -0.2) is 29.6 Å². The van der Waals surface area contributed by atoms with Gasteiger partial charge < -0.3 is 9.64 Å². The third-order valence-corrected chi connectivity index (χ3v) is 5.00. The van der Waals surface area contributed by atoms with Crippen LogP contribution in [0.25, 0.3) is 0 Å². The van der Waals surface area contributed by atoms with E-state index in [4.69, 9.17) is 4.74 Å². The third-order valence-electron chi connectivity index (χ3n) is 3.72. The number of halogens is 1. The topological polar surface area (TPSA) is 38.2 Å². The number of benzene rings is 1. The normalized spacial score (nSPS) is 18.4. The minimum atomic E-state index is 0.408. The highest BCUT2D eigenvalue weighted by Gasteiger charge is 2.28. The molecule has 6 heteroatoms. The molecule has 21 heavy (non-hydrogen) atoms. The van der Waals surface area contributed by atoms with Gasteiger partial charge in [-0.3, -0.25) is 0 Å². The summed E-state index contributed by atoms with van der Waals surface area (Å²) in [6.07, 6.45) is 3.15. The molecule has 1 aliphatic heterocycles. The van der Waals surface area contributed by atoms with Crippen molar-refractivity contribution in [3.05, 3.63) is 40.1 Å². The Morgan fingerprint density at radius 3 is 3.19 bits per heavy atom. The lowest BCUT2D eigenvalue weighted by molar-refractivity contribution is 0.201. The van der Waals surface area contributed by atoms with Crippen molar-refractivity contribution in [1.29, 1.82) is 0 Å². The molecule has 1 aromatic heterocycles. The first-order valence-electron chi connectivity index (χ1n) is 7.11. The van der Waals surface area contributed by atoms with Crippen LogP contribution in [0.4, 0.5) is 5.13 Å². The fourth-order valence-corrected chi connectivity index (χ4v) is 3.92. The van der Waals surface area contributed by atoms with Gasteiger partial charge in [0.15, 0.2) is 0 Å². The van der Waals surface area contributed by atoms with Crippen LogP contribution in [0.15, 0.2) is 28.7 Å². The van der Waals surface area contributed by atoms with E-state index < -0.39 is 0 Å². The van der Waals surface area contributed by atoms with Crippen molar-refractivity contribution in [3.8, 4) is 0 Å². The van der Waals surface area contributed by atoms with Crippen molar-refractivity contribution >= 4 is 32.6 Å². The summed E-state index contributed by atoms with van der Waals surface area (Å²) in [6, 6.07) is 8.97. The zero-order valence-electron chi connectivity index (χ0n) is 12.0. The number of anilines is 1. The highest BCUT2D eigenvalue weighted by molar-refractivity contribution is 9.10. The largest absolute Gasteiger partial charge is 0.384 e. The summed E-state index contributed by atoms with van der Waals surface area (Å²) >= 11 is 5.06. The zero-order valence-corrected chi connectivity index (χ0v) is 14.4. The Morgan fingerprint density at radius 2 is 2.38 bits per heavy atom. The van der Waals surface area contributed by atoms with Gasteiger partial charge in [0.05, 0.1) is 12.6 Å². The smallest absolute Gasteiger partial charge is 0.205 e. The summed E-state index contributed by atoms with van der Waals surface area (Å²) < 4.78 is 10.7. The minimum Gasteiger partial charge on any atom is -0.384 e. The highest BCUT2D eigenvalue weighted by Crippen LogP contribution is 2.37. The van der Waals surface area contributed by atoms with E-state index in [0.717, 1.165) is 28.4 Å². The molecule has 1 aliphatic rings. The van der Waals surface area contributed by atoms with E-state index in [9.17, 15) is 0 Å². The Balaban J connectivity index is 1.79. The van der Waals surface area contributed by atoms with Crippen LogP contribution in [-0.2, 0) is 11.2 Å². The maximum atomic E-state index is 5.09. The van der Waals surface area contributed by atoms with Crippen molar-refractivity contribution in [2.75, 3.05) is 25.2 Å². The monoisotopic (exact) mass is 367 g/mol. The second kappa shape index (κ2) is 6.85. The molecule has 1 aromatic carbocycles. The fourth-order valence-electron chi connectivity index (χ4n) is 2.71. The van der Waals surface area contributed by atoms with Gasteiger partial charge >= 0.3 is 0 Å². The maximum Gasteiger partial charge on any atom is 0.205 e. The second-order valence-electron chi connectivity index (χ2n) is 5.14. The quantitative estimate of drug-likeness (QED) is 0.804. The van der Waals surface area contributed by atoms with E-state index in [1.165, 1.54) is 29.9 Å². The molecular formula is C15H18BrN3OS. The Kier molecular flexibility index (Phi) is 4.87. The Morgan fingerprint density at radius 1 is 1.48 bits per heavy atom. The summed E-state index contributed by atoms with van der Waals surface area (Å²) in [5.74, 6) is 0.886. The molecule has 1 fully saturated rings. The average Bonchev–Trinajstić information content (AvgIpc) is 3.13. The molecular weight excluding hydrogens is 350 g/mol. The fraction of sp³-hybridized carbons (Fsp3) is 0.467. The van der Waals surface area contributed by atoms with Gasteiger partial charge in [0.25, 0.3) is 0 Å². The van der Waals surface area contributed by atoms with Crippen LogP contribution >= 0.6 is 27.5 Å². The lowest BCUT2D eigenvalue weighted by Gasteiger charge is -2.24. The third kappa shape index (κ3) is 3.44. The van der Waals surface area contributed by atoms with E-state index in [-0.39, 0.29) is 0 Å². The molecule has 0 aliphatic carbocycles. The van der Waals surface area contributed by atoms with Gasteiger partial charge in [-0.15, -0.1) is 0 Å². The van der Waals surface area contributed by atoms with Crippen LogP contribution in [0.5, 0.6) is 0 Å². The summed E-state index contributed by atoms with van der Waals surface area (Å²) in [7, 11) is 1.71. The first kappa shape index (κ1) is 14.9. The summed E-state index contributed by atoms with van der Waals surface area (Å²) in [5, 5.41) is 1.03. The Hall–Kier alpha value is -0.980. The van der Waals surface area contributed by atoms with E-state index in [1.54, 1.807) is 7.11 Å². The molecule has 112 valence electrons. The standard InChI is InChI=1S/C15H18BrN3OS/c1-20-9-7-14-17-15(21-18-14)19-8-3-6-13(19)11-4-2-5-12(16)10-11/h2,4-5,10,13H,3,6-9H2,1H3. The van der Waals surface area contributed by atoms with Gasteiger partial charge in [0.1, 0.15) is 5.82 Å². The Labute approximate surface area is 137 Å². The number of nitrogens with zero attached hydrogens (tertiary/aromatic N) is 3. The highest BCUT2D eigenvalue weighted by atomic mass is 79.9. The van der Waals surface area contributed by atoms with Gasteiger partial charge in [-0.25, -0.2) is 4.98 Å². The predicted molar refractivity (Wildman–Crippen MR) is 89.0 cm³/mol. The molecule has 0 saturated carbocycles. The average molecular weight is 368 g/mol. The molecule has 2 aromatic rings. The minimum absolute atomic E-state index is 0.408. The number of aromatic nitrogens is 2. The van der Waals surface area contributed by atoms with Crippen LogP contribution in [0.2, 0.25) is 0 Å². The van der Waals surface area contributed by atoms with Gasteiger partial charge in [-0.1, -0.05) is 28.1 Å². The first-order valence-corrected chi connectivity index (χ1v) is 8.68. The molecule has 3 rings (SSSR count). The van der Waals surface area contributed by atoms with Gasteiger partial charge in [-0.2, -0.15) is 4.37 Å². The van der Waals surface area contributed by atoms with Crippen molar-refractivity contribution < 1.29 is 4.74 Å². The molecule has 0 bridgehead atoms. The number of hydrogen-bond acceptors (Lipinski definition) is 5. The van der Waals surface area contributed by atoms with Gasteiger partial charge in [0, 0.05) is 36.1 Å². The number of methoxy groups -OCH3 is 1. The molecule has 0 amide bonds. The van der Waals surface area contributed by atoms with Crippen molar-refractivity contribution in [3.63, 3.8) is 0 Å². The SMILES string of the molecule is COCCc1nsc(N2CCCC2c2cccc(Br)c2)n1. The molecule has 1 atom stereocenters. The molecule has 0 radical (unpaired) electrons. The van der Waals surface area contributed by atoms with E-state index in [0.29, 0.717) is 12.6 Å². The van der Waals surface area contributed by atoms with E-state index in [1.807, 2.05) is 0 Å². The van der Waals surface area contributed by atoms with E-state index in [2.05, 4.69) is 54.5 Å². The summed E-state index contributed by atoms with van der Waals surface area (Å²) in [6.45, 7) is 1.72. The lowest BCUT2D eigenvalue weighted by atomic mass is 10.1. The molecule has 0 spiro atoms. The van der Waals surface area contributed by atoms with Crippen molar-refractivity contribution in [2.45, 2.75) is 25.3 Å². The van der Waals surface area contributed by atoms with Gasteiger partial charge in [0.2, 0.25) is 5.13 Å². The lowest BCUT2D eigenvalue weighted by Crippen LogP contribution is -2.22. The van der Waals surface area contributed by atoms with Crippen LogP contribution in [0, 0.1) is 0 Å². The van der Waals surface area contributed by atoms with Crippen molar-refractivity contribution in [1.82, 2.24) is 9.36 Å². The first-order chi connectivity index (χ1) is 10.3. The molecule has 1 unspecified atom stereocenters.